The second kappa shape index (κ2) is 9.48. The van der Waals surface area contributed by atoms with Crippen LogP contribution < -0.4 is 10.2 Å². The Morgan fingerprint density at radius 3 is 2.73 bits per heavy atom. The number of methoxy groups -OCH3 is 1. The van der Waals surface area contributed by atoms with Crippen LogP contribution in [-0.2, 0) is 14.3 Å². The summed E-state index contributed by atoms with van der Waals surface area (Å²) < 4.78 is 4.77. The van der Waals surface area contributed by atoms with Crippen molar-refractivity contribution >= 4 is 63.9 Å². The van der Waals surface area contributed by atoms with Gasteiger partial charge in [0.1, 0.15) is 6.04 Å². The monoisotopic (exact) mass is 417 g/mol. The minimum atomic E-state index is -0.659. The summed E-state index contributed by atoms with van der Waals surface area (Å²) in [6.45, 7) is 2.45. The molecule has 1 amide bonds. The molecule has 9 heteroatoms. The number of fused-ring (bicyclic) bond motifs is 1. The number of nitrogens with one attached hydrogen (secondary N) is 1. The van der Waals surface area contributed by atoms with Crippen molar-refractivity contribution in [2.24, 2.45) is 4.99 Å². The van der Waals surface area contributed by atoms with Crippen LogP contribution in [0.3, 0.4) is 0 Å². The maximum Gasteiger partial charge on any atom is 0.328 e. The van der Waals surface area contributed by atoms with Crippen molar-refractivity contribution in [2.45, 2.75) is 19.4 Å². The number of anilines is 1. The Balaban J connectivity index is 2.12. The number of carbonyl (C=O) groups is 2. The smallest absolute Gasteiger partial charge is 0.328 e. The first kappa shape index (κ1) is 20.9. The lowest BCUT2D eigenvalue weighted by molar-refractivity contribution is -0.145. The number of ether oxygens (including phenoxy) is 1. The minimum absolute atomic E-state index is 0.0740. The van der Waals surface area contributed by atoms with Gasteiger partial charge in [0.25, 0.3) is 0 Å². The van der Waals surface area contributed by atoms with Crippen molar-refractivity contribution in [1.29, 1.82) is 0 Å². The van der Waals surface area contributed by atoms with E-state index in [9.17, 15) is 9.59 Å². The highest BCUT2D eigenvalue weighted by Crippen LogP contribution is 2.38. The van der Waals surface area contributed by atoms with Crippen molar-refractivity contribution in [2.75, 3.05) is 37.1 Å². The van der Waals surface area contributed by atoms with E-state index in [1.165, 1.54) is 7.11 Å². The fourth-order valence-corrected chi connectivity index (χ4v) is 3.44. The van der Waals surface area contributed by atoms with E-state index in [1.807, 2.05) is 18.1 Å². The van der Waals surface area contributed by atoms with Crippen LogP contribution in [0.15, 0.2) is 17.1 Å². The Hall–Kier alpha value is -1.44. The van der Waals surface area contributed by atoms with E-state index in [4.69, 9.17) is 27.9 Å². The predicted molar refractivity (Wildman–Crippen MR) is 108 cm³/mol. The molecule has 1 aromatic carbocycles. The van der Waals surface area contributed by atoms with Crippen LogP contribution >= 0.6 is 35.0 Å². The molecule has 0 saturated carbocycles. The average molecular weight is 418 g/mol. The number of benzene rings is 1. The molecule has 1 aliphatic rings. The number of hydrogen-bond donors (Lipinski definition) is 1. The van der Waals surface area contributed by atoms with Gasteiger partial charge in [-0.2, -0.15) is 11.8 Å². The molecule has 0 unspecified atom stereocenters. The summed E-state index contributed by atoms with van der Waals surface area (Å²) in [7, 11) is 1.31. The zero-order chi connectivity index (χ0) is 19.3. The van der Waals surface area contributed by atoms with Crippen LogP contribution in [0.4, 0.5) is 11.4 Å². The topological polar surface area (TPSA) is 71.0 Å². The van der Waals surface area contributed by atoms with Gasteiger partial charge in [0.15, 0.2) is 0 Å². The summed E-state index contributed by atoms with van der Waals surface area (Å²) in [5, 5.41) is 3.57. The Bertz CT molecular complexity index is 727. The van der Waals surface area contributed by atoms with Crippen LogP contribution in [0.1, 0.15) is 13.3 Å². The van der Waals surface area contributed by atoms with Crippen molar-refractivity contribution in [1.82, 2.24) is 5.32 Å². The first-order valence-electron chi connectivity index (χ1n) is 8.00. The van der Waals surface area contributed by atoms with Gasteiger partial charge in [0.2, 0.25) is 5.91 Å². The molecule has 2 rings (SSSR count). The standard InChI is InChI=1S/C17H21Cl2N3O3S/c1-10-8-22(15-7-12(19)11(18)6-14(15)20-10)9-16(23)21-13(4-5-26-3)17(24)25-2/h6-7,13H,4-5,8-9H2,1-3H3,(H,21,23)/t13-/m0/s1. The lowest BCUT2D eigenvalue weighted by Gasteiger charge is -2.30. The van der Waals surface area contributed by atoms with Gasteiger partial charge in [-0.3, -0.25) is 9.79 Å². The molecule has 26 heavy (non-hydrogen) atoms. The second-order valence-electron chi connectivity index (χ2n) is 5.88. The molecule has 0 saturated heterocycles. The van der Waals surface area contributed by atoms with Crippen LogP contribution in [0.25, 0.3) is 0 Å². The maximum absolute atomic E-state index is 12.5. The van der Waals surface area contributed by atoms with E-state index in [0.717, 1.165) is 17.2 Å². The number of carbonyl (C=O) groups excluding carboxylic acids is 2. The zero-order valence-corrected chi connectivity index (χ0v) is 17.2. The molecule has 1 heterocycles. The highest BCUT2D eigenvalue weighted by molar-refractivity contribution is 7.98. The summed E-state index contributed by atoms with van der Waals surface area (Å²) in [5.41, 5.74) is 2.26. The fourth-order valence-electron chi connectivity index (χ4n) is 2.65. The Kier molecular flexibility index (Phi) is 7.61. The van der Waals surface area contributed by atoms with Crippen molar-refractivity contribution < 1.29 is 14.3 Å². The van der Waals surface area contributed by atoms with Crippen molar-refractivity contribution in [3.63, 3.8) is 0 Å². The van der Waals surface area contributed by atoms with Gasteiger partial charge in [-0.25, -0.2) is 4.79 Å². The van der Waals surface area contributed by atoms with E-state index >= 15 is 0 Å². The van der Waals surface area contributed by atoms with Crippen LogP contribution in [-0.4, -0.2) is 55.8 Å². The normalized spacial score (nSPS) is 14.3. The van der Waals surface area contributed by atoms with Gasteiger partial charge in [0, 0.05) is 5.71 Å². The molecule has 0 radical (unpaired) electrons. The SMILES string of the molecule is COC(=O)[C@H](CCSC)NC(=O)CN1CC(C)=Nc2cc(Cl)c(Cl)cc21. The number of aliphatic imine (C=N–C) groups is 1. The second-order valence-corrected chi connectivity index (χ2v) is 7.68. The lowest BCUT2D eigenvalue weighted by Crippen LogP contribution is -2.47. The van der Waals surface area contributed by atoms with Crippen molar-refractivity contribution in [3.05, 3.63) is 22.2 Å². The molecule has 1 N–H and O–H groups in total. The molecule has 1 aromatic rings. The van der Waals surface area contributed by atoms with E-state index in [0.29, 0.717) is 28.7 Å². The van der Waals surface area contributed by atoms with E-state index in [1.54, 1.807) is 23.9 Å². The van der Waals surface area contributed by atoms with E-state index in [2.05, 4.69) is 10.3 Å². The molecule has 0 aromatic heterocycles. The van der Waals surface area contributed by atoms with Gasteiger partial charge in [-0.1, -0.05) is 23.2 Å². The van der Waals surface area contributed by atoms with Crippen LogP contribution in [0, 0.1) is 0 Å². The number of esters is 1. The molecule has 1 aliphatic heterocycles. The molecule has 0 bridgehead atoms. The Morgan fingerprint density at radius 1 is 1.38 bits per heavy atom. The summed E-state index contributed by atoms with van der Waals surface area (Å²) in [6, 6.07) is 2.73. The molecular formula is C17H21Cl2N3O3S. The largest absolute Gasteiger partial charge is 0.467 e. The van der Waals surface area contributed by atoms with Gasteiger partial charge in [-0.05, 0) is 37.5 Å². The number of rotatable bonds is 7. The fraction of sp³-hybridized carbons (Fsp3) is 0.471. The van der Waals surface area contributed by atoms with Gasteiger partial charge >= 0.3 is 5.97 Å². The Labute approximate surface area is 167 Å². The number of nitrogens with zero attached hydrogens (tertiary/aromatic N) is 2. The van der Waals surface area contributed by atoms with Crippen LogP contribution in [0.2, 0.25) is 10.0 Å². The maximum atomic E-state index is 12.5. The number of thioether (sulfide) groups is 1. The zero-order valence-electron chi connectivity index (χ0n) is 14.8. The van der Waals surface area contributed by atoms with E-state index < -0.39 is 12.0 Å². The summed E-state index contributed by atoms with van der Waals surface area (Å²) >= 11 is 13.8. The molecule has 1 atom stereocenters. The third-order valence-electron chi connectivity index (χ3n) is 3.86. The van der Waals surface area contributed by atoms with Gasteiger partial charge in [-0.15, -0.1) is 0 Å². The number of halogens is 2. The molecule has 0 spiro atoms. The first-order chi connectivity index (χ1) is 12.3. The molecular weight excluding hydrogens is 397 g/mol. The first-order valence-corrected chi connectivity index (χ1v) is 10.1. The lowest BCUT2D eigenvalue weighted by atomic mass is 10.1. The van der Waals surface area contributed by atoms with E-state index in [-0.39, 0.29) is 12.5 Å². The highest BCUT2D eigenvalue weighted by Gasteiger charge is 2.25. The Morgan fingerprint density at radius 2 is 2.08 bits per heavy atom. The summed E-state index contributed by atoms with van der Waals surface area (Å²) in [6.07, 6.45) is 2.45. The third-order valence-corrected chi connectivity index (χ3v) is 5.22. The molecule has 142 valence electrons. The van der Waals surface area contributed by atoms with Gasteiger partial charge in [0.05, 0.1) is 41.6 Å². The quantitative estimate of drug-likeness (QED) is 0.688. The molecule has 0 fully saturated rings. The number of amides is 1. The summed E-state index contributed by atoms with van der Waals surface area (Å²) in [4.78, 5) is 30.7. The van der Waals surface area contributed by atoms with Gasteiger partial charge < -0.3 is 15.0 Å². The van der Waals surface area contributed by atoms with Crippen LogP contribution in [0.5, 0.6) is 0 Å². The highest BCUT2D eigenvalue weighted by atomic mass is 35.5. The minimum Gasteiger partial charge on any atom is -0.467 e. The summed E-state index contributed by atoms with van der Waals surface area (Å²) in [5.74, 6) is 0.0270. The number of hydrogen-bond acceptors (Lipinski definition) is 6. The third kappa shape index (κ3) is 5.28. The molecule has 0 aliphatic carbocycles. The molecule has 6 nitrogen and oxygen atoms in total. The van der Waals surface area contributed by atoms with Crippen molar-refractivity contribution in [3.8, 4) is 0 Å². The average Bonchev–Trinajstić information content (AvgIpc) is 2.59. The predicted octanol–water partition coefficient (Wildman–Crippen LogP) is 3.32.